The van der Waals surface area contributed by atoms with Gasteiger partial charge in [-0.3, -0.25) is 9.62 Å². The first-order chi connectivity index (χ1) is 17.3. The zero-order valence-electron chi connectivity index (χ0n) is 20.8. The van der Waals surface area contributed by atoms with Crippen LogP contribution in [-0.2, 0) is 16.6 Å². The van der Waals surface area contributed by atoms with Gasteiger partial charge in [0.05, 0.1) is 22.7 Å². The van der Waals surface area contributed by atoms with Crippen molar-refractivity contribution in [3.63, 3.8) is 0 Å². The monoisotopic (exact) mass is 504 g/mol. The second-order valence-electron chi connectivity index (χ2n) is 8.57. The van der Waals surface area contributed by atoms with Gasteiger partial charge in [0.1, 0.15) is 0 Å². The molecule has 4 aromatic rings. The summed E-state index contributed by atoms with van der Waals surface area (Å²) in [5.41, 5.74) is 5.01. The van der Waals surface area contributed by atoms with E-state index in [1.165, 1.54) is 5.56 Å². The van der Waals surface area contributed by atoms with Crippen LogP contribution in [0.3, 0.4) is 0 Å². The molecule has 0 spiro atoms. The molecule has 0 atom stereocenters. The van der Waals surface area contributed by atoms with Crippen LogP contribution >= 0.6 is 0 Å². The molecule has 7 nitrogen and oxygen atoms in total. The van der Waals surface area contributed by atoms with Gasteiger partial charge in [0.25, 0.3) is 0 Å². The van der Waals surface area contributed by atoms with E-state index in [9.17, 15) is 13.5 Å². The van der Waals surface area contributed by atoms with Crippen LogP contribution < -0.4 is 4.72 Å². The van der Waals surface area contributed by atoms with Gasteiger partial charge in [0.2, 0.25) is 10.0 Å². The van der Waals surface area contributed by atoms with Crippen molar-refractivity contribution in [1.82, 2.24) is 9.88 Å². The Kier molecular flexibility index (Phi) is 7.76. The van der Waals surface area contributed by atoms with E-state index in [0.717, 1.165) is 30.9 Å². The lowest BCUT2D eigenvalue weighted by atomic mass is 10.0. The summed E-state index contributed by atoms with van der Waals surface area (Å²) in [5, 5.41) is 11.6. The maximum atomic E-state index is 12.1. The lowest BCUT2D eigenvalue weighted by Crippen LogP contribution is -2.21. The molecule has 36 heavy (non-hydrogen) atoms. The average molecular weight is 505 g/mol. The number of aromatic nitrogens is 1. The Labute approximate surface area is 212 Å². The number of anilines is 1. The van der Waals surface area contributed by atoms with Crippen LogP contribution in [0.2, 0.25) is 0 Å². The molecule has 0 fully saturated rings. The van der Waals surface area contributed by atoms with Gasteiger partial charge in [-0.15, -0.1) is 0 Å². The Balaban J connectivity index is 1.81. The summed E-state index contributed by atoms with van der Waals surface area (Å²) in [4.78, 5) is 10.3. The molecular formula is C28H32N4O3S. The third-order valence-electron chi connectivity index (χ3n) is 6.19. The van der Waals surface area contributed by atoms with E-state index < -0.39 is 10.0 Å². The first-order valence-corrected chi connectivity index (χ1v) is 13.8. The second-order valence-corrected chi connectivity index (χ2v) is 10.6. The topological polar surface area (TPSA) is 97.8 Å². The smallest absolute Gasteiger partial charge is 0.232 e. The number of hydrogen-bond donors (Lipinski definition) is 3. The minimum atomic E-state index is -3.44. The van der Waals surface area contributed by atoms with Crippen molar-refractivity contribution in [2.45, 2.75) is 27.3 Å². The molecule has 0 radical (unpaired) electrons. The molecule has 0 unspecified atom stereocenters. The highest BCUT2D eigenvalue weighted by Gasteiger charge is 2.20. The highest BCUT2D eigenvalue weighted by atomic mass is 32.2. The zero-order valence-corrected chi connectivity index (χ0v) is 21.6. The number of nitrogens with zero attached hydrogens (tertiary/aromatic N) is 2. The number of nitrogens with one attached hydrogen (secondary N) is 2. The Morgan fingerprint density at radius 1 is 0.972 bits per heavy atom. The summed E-state index contributed by atoms with van der Waals surface area (Å²) >= 11 is 0. The van der Waals surface area contributed by atoms with Crippen molar-refractivity contribution in [1.29, 1.82) is 0 Å². The Hall–Kier alpha value is -3.62. The number of hydrogen-bond acceptors (Lipinski definition) is 5. The molecule has 8 heteroatoms. The van der Waals surface area contributed by atoms with E-state index in [4.69, 9.17) is 4.99 Å². The lowest BCUT2D eigenvalue weighted by molar-refractivity contribution is 0.296. The second kappa shape index (κ2) is 11.0. The summed E-state index contributed by atoms with van der Waals surface area (Å²) in [6.07, 6.45) is 0. The van der Waals surface area contributed by atoms with Crippen molar-refractivity contribution in [2.24, 2.45) is 4.99 Å². The number of aromatic hydroxyl groups is 1. The van der Waals surface area contributed by atoms with Gasteiger partial charge in [0.15, 0.2) is 5.88 Å². The van der Waals surface area contributed by atoms with Gasteiger partial charge in [-0.2, -0.15) is 0 Å². The predicted octanol–water partition coefficient (Wildman–Crippen LogP) is 5.65. The Morgan fingerprint density at radius 2 is 1.67 bits per heavy atom. The molecule has 0 saturated carbocycles. The van der Waals surface area contributed by atoms with E-state index in [2.05, 4.69) is 40.6 Å². The zero-order chi connectivity index (χ0) is 25.7. The number of aliphatic imine (C=N–C) groups is 1. The summed E-state index contributed by atoms with van der Waals surface area (Å²) in [6, 6.07) is 22.9. The standard InChI is InChI=1S/C28H32N4O3S/c1-4-32(5-2)19-20-12-14-22(15-13-20)29-27(21-10-8-7-9-11-21)26-24-18-23(31-36(34,35)6-3)16-17-25(24)30-28(26)33/h7-18,30-31,33H,4-6,19H2,1-3H3. The highest BCUT2D eigenvalue weighted by Crippen LogP contribution is 2.33. The molecule has 1 aromatic heterocycles. The van der Waals surface area contributed by atoms with Gasteiger partial charge in [-0.05, 0) is 55.9 Å². The maximum Gasteiger partial charge on any atom is 0.232 e. The third-order valence-corrected chi connectivity index (χ3v) is 7.50. The summed E-state index contributed by atoms with van der Waals surface area (Å²) in [5.74, 6) is -0.0571. The van der Waals surface area contributed by atoms with Crippen molar-refractivity contribution in [3.05, 3.63) is 89.5 Å². The van der Waals surface area contributed by atoms with Crippen LogP contribution in [0, 0.1) is 0 Å². The molecule has 3 aromatic carbocycles. The van der Waals surface area contributed by atoms with E-state index in [1.807, 2.05) is 42.5 Å². The molecule has 0 aliphatic heterocycles. The number of aromatic amines is 1. The fourth-order valence-electron chi connectivity index (χ4n) is 4.10. The number of H-pyrrole nitrogens is 1. The van der Waals surface area contributed by atoms with Gasteiger partial charge in [-0.1, -0.05) is 56.3 Å². The van der Waals surface area contributed by atoms with Crippen molar-refractivity contribution in [2.75, 3.05) is 23.6 Å². The average Bonchev–Trinajstić information content (AvgIpc) is 3.21. The molecule has 0 amide bonds. The number of sulfonamides is 1. The van der Waals surface area contributed by atoms with Crippen molar-refractivity contribution < 1.29 is 13.5 Å². The fraction of sp³-hybridized carbons (Fsp3) is 0.250. The molecular weight excluding hydrogens is 472 g/mol. The van der Waals surface area contributed by atoms with Crippen LogP contribution in [0.1, 0.15) is 37.5 Å². The highest BCUT2D eigenvalue weighted by molar-refractivity contribution is 7.92. The van der Waals surface area contributed by atoms with Gasteiger partial charge in [0, 0.05) is 28.7 Å². The molecule has 1 heterocycles. The van der Waals surface area contributed by atoms with Gasteiger partial charge < -0.3 is 10.1 Å². The number of fused-ring (bicyclic) bond motifs is 1. The number of rotatable bonds is 10. The van der Waals surface area contributed by atoms with Crippen LogP contribution in [0.5, 0.6) is 5.88 Å². The first kappa shape index (κ1) is 25.5. The van der Waals surface area contributed by atoms with Crippen LogP contribution in [0.4, 0.5) is 11.4 Å². The minimum absolute atomic E-state index is 0.0266. The Bertz CT molecular complexity index is 1460. The minimum Gasteiger partial charge on any atom is -0.494 e. The summed E-state index contributed by atoms with van der Waals surface area (Å²) < 4.78 is 26.8. The largest absolute Gasteiger partial charge is 0.494 e. The van der Waals surface area contributed by atoms with Gasteiger partial charge >= 0.3 is 0 Å². The first-order valence-electron chi connectivity index (χ1n) is 12.1. The maximum absolute atomic E-state index is 12.1. The third kappa shape index (κ3) is 5.78. The molecule has 188 valence electrons. The van der Waals surface area contributed by atoms with E-state index in [-0.39, 0.29) is 11.6 Å². The van der Waals surface area contributed by atoms with Crippen LogP contribution in [-0.4, -0.2) is 48.0 Å². The predicted molar refractivity (Wildman–Crippen MR) is 148 cm³/mol. The fourth-order valence-corrected chi connectivity index (χ4v) is 4.73. The van der Waals surface area contributed by atoms with Crippen LogP contribution in [0.15, 0.2) is 77.8 Å². The van der Waals surface area contributed by atoms with E-state index >= 15 is 0 Å². The number of benzene rings is 3. The lowest BCUT2D eigenvalue weighted by Gasteiger charge is -2.17. The van der Waals surface area contributed by atoms with E-state index in [0.29, 0.717) is 27.9 Å². The normalized spacial score (nSPS) is 12.4. The molecule has 4 rings (SSSR count). The SMILES string of the molecule is CCN(CC)Cc1ccc(N=C(c2ccccc2)c2c(O)[nH]c3ccc(NS(=O)(=O)CC)cc23)cc1. The van der Waals surface area contributed by atoms with Crippen molar-refractivity contribution in [3.8, 4) is 5.88 Å². The van der Waals surface area contributed by atoms with Gasteiger partial charge in [-0.25, -0.2) is 13.4 Å². The summed E-state index contributed by atoms with van der Waals surface area (Å²) in [7, 11) is -3.44. The molecule has 0 bridgehead atoms. The van der Waals surface area contributed by atoms with Crippen molar-refractivity contribution >= 4 is 38.0 Å². The van der Waals surface area contributed by atoms with E-state index in [1.54, 1.807) is 25.1 Å². The molecule has 0 saturated heterocycles. The quantitative estimate of drug-likeness (QED) is 0.243. The Morgan fingerprint density at radius 3 is 2.31 bits per heavy atom. The summed E-state index contributed by atoms with van der Waals surface area (Å²) in [6.45, 7) is 8.75. The molecule has 0 aliphatic rings. The molecule has 3 N–H and O–H groups in total. The molecule has 0 aliphatic carbocycles. The van der Waals surface area contributed by atoms with Crippen LogP contribution in [0.25, 0.3) is 10.9 Å².